The lowest BCUT2D eigenvalue weighted by Gasteiger charge is -2.40. The molecule has 1 atom stereocenters. The Hall–Kier alpha value is -0.120. The first-order chi connectivity index (χ1) is 8.14. The fourth-order valence-corrected chi connectivity index (χ4v) is 2.19. The van der Waals surface area contributed by atoms with Gasteiger partial charge in [-0.05, 0) is 45.7 Å². The van der Waals surface area contributed by atoms with Crippen molar-refractivity contribution < 1.29 is 5.11 Å². The van der Waals surface area contributed by atoms with E-state index in [1.807, 2.05) is 0 Å². The number of hydrogen-bond donors (Lipinski definition) is 2. The normalized spacial score (nSPS) is 15.2. The maximum absolute atomic E-state index is 8.74. The van der Waals surface area contributed by atoms with Crippen LogP contribution in [0.1, 0.15) is 59.3 Å². The number of nitrogens with two attached hydrogens (primary N) is 1. The van der Waals surface area contributed by atoms with Gasteiger partial charge in [0.25, 0.3) is 0 Å². The van der Waals surface area contributed by atoms with E-state index in [0.29, 0.717) is 6.61 Å². The Morgan fingerprint density at radius 1 is 1.06 bits per heavy atom. The molecule has 3 heteroatoms. The lowest BCUT2D eigenvalue weighted by molar-refractivity contribution is 0.103. The molecule has 104 valence electrons. The molecule has 0 radical (unpaired) electrons. The molecular weight excluding hydrogens is 212 g/mol. The van der Waals surface area contributed by atoms with Crippen molar-refractivity contribution in [3.63, 3.8) is 0 Å². The van der Waals surface area contributed by atoms with Gasteiger partial charge in [0.05, 0.1) is 0 Å². The van der Waals surface area contributed by atoms with Gasteiger partial charge in [-0.2, -0.15) is 0 Å². The summed E-state index contributed by atoms with van der Waals surface area (Å²) in [6, 6.07) is 0. The molecule has 0 fully saturated rings. The van der Waals surface area contributed by atoms with Gasteiger partial charge in [-0.15, -0.1) is 0 Å². The monoisotopic (exact) mass is 244 g/mol. The Morgan fingerprint density at radius 3 is 2.18 bits per heavy atom. The van der Waals surface area contributed by atoms with Crippen molar-refractivity contribution in [1.29, 1.82) is 0 Å². The summed E-state index contributed by atoms with van der Waals surface area (Å²) in [6.45, 7) is 10.1. The molecule has 0 aliphatic carbocycles. The minimum Gasteiger partial charge on any atom is -0.396 e. The van der Waals surface area contributed by atoms with Crippen LogP contribution in [0.15, 0.2) is 0 Å². The van der Waals surface area contributed by atoms with Gasteiger partial charge in [0.15, 0.2) is 0 Å². The molecule has 0 aromatic rings. The molecule has 0 saturated heterocycles. The number of hydrogen-bond acceptors (Lipinski definition) is 3. The zero-order chi connectivity index (χ0) is 13.1. The molecule has 0 spiro atoms. The van der Waals surface area contributed by atoms with Gasteiger partial charge in [0.1, 0.15) is 0 Å². The van der Waals surface area contributed by atoms with Crippen molar-refractivity contribution in [2.45, 2.75) is 64.8 Å². The van der Waals surface area contributed by atoms with Crippen molar-refractivity contribution in [3.05, 3.63) is 0 Å². The van der Waals surface area contributed by atoms with Gasteiger partial charge in [-0.1, -0.05) is 26.7 Å². The molecule has 3 nitrogen and oxygen atoms in total. The molecular formula is C14H32N2O. The van der Waals surface area contributed by atoms with E-state index >= 15 is 0 Å². The summed E-state index contributed by atoms with van der Waals surface area (Å²) >= 11 is 0. The standard InChI is InChI=1S/C14H32N2O/c1-4-10-16(14(3,5-2)13-15)11-8-6-7-9-12-17/h17H,4-13,15H2,1-3H3. The van der Waals surface area contributed by atoms with E-state index < -0.39 is 0 Å². The lowest BCUT2D eigenvalue weighted by atomic mass is 9.95. The summed E-state index contributed by atoms with van der Waals surface area (Å²) < 4.78 is 0. The van der Waals surface area contributed by atoms with Crippen molar-refractivity contribution in [1.82, 2.24) is 4.90 Å². The first-order valence-electron chi connectivity index (χ1n) is 7.20. The lowest BCUT2D eigenvalue weighted by Crippen LogP contribution is -2.51. The van der Waals surface area contributed by atoms with Crippen LogP contribution >= 0.6 is 0 Å². The van der Waals surface area contributed by atoms with Gasteiger partial charge in [-0.3, -0.25) is 4.90 Å². The predicted molar refractivity (Wildman–Crippen MR) is 75.2 cm³/mol. The molecule has 0 aromatic heterocycles. The van der Waals surface area contributed by atoms with Crippen LogP contribution in [-0.4, -0.2) is 41.8 Å². The minimum atomic E-state index is 0.160. The van der Waals surface area contributed by atoms with Gasteiger partial charge in [0.2, 0.25) is 0 Å². The number of aliphatic hydroxyl groups is 1. The first kappa shape index (κ1) is 16.9. The largest absolute Gasteiger partial charge is 0.396 e. The molecule has 3 N–H and O–H groups in total. The van der Waals surface area contributed by atoms with Crippen LogP contribution in [-0.2, 0) is 0 Å². The second-order valence-electron chi connectivity index (χ2n) is 5.18. The van der Waals surface area contributed by atoms with Gasteiger partial charge < -0.3 is 10.8 Å². The smallest absolute Gasteiger partial charge is 0.0431 e. The zero-order valence-electron chi connectivity index (χ0n) is 12.0. The van der Waals surface area contributed by atoms with Crippen LogP contribution < -0.4 is 5.73 Å². The highest BCUT2D eigenvalue weighted by molar-refractivity contribution is 4.85. The summed E-state index contributed by atoms with van der Waals surface area (Å²) in [4.78, 5) is 2.55. The molecule has 0 bridgehead atoms. The Bertz CT molecular complexity index is 170. The van der Waals surface area contributed by atoms with E-state index in [1.165, 1.54) is 19.3 Å². The molecule has 0 aromatic carbocycles. The van der Waals surface area contributed by atoms with Crippen LogP contribution in [0.4, 0.5) is 0 Å². The highest BCUT2D eigenvalue weighted by Crippen LogP contribution is 2.19. The molecule has 0 saturated carbocycles. The summed E-state index contributed by atoms with van der Waals surface area (Å²) in [5, 5.41) is 8.74. The highest BCUT2D eigenvalue weighted by atomic mass is 16.2. The van der Waals surface area contributed by atoms with E-state index in [1.54, 1.807) is 0 Å². The quantitative estimate of drug-likeness (QED) is 0.549. The van der Waals surface area contributed by atoms with Crippen LogP contribution in [0.5, 0.6) is 0 Å². The number of nitrogens with zero attached hydrogens (tertiary/aromatic N) is 1. The molecule has 0 heterocycles. The number of aliphatic hydroxyl groups excluding tert-OH is 1. The van der Waals surface area contributed by atoms with Crippen LogP contribution in [0, 0.1) is 0 Å². The Morgan fingerprint density at radius 2 is 1.71 bits per heavy atom. The van der Waals surface area contributed by atoms with Crippen molar-refractivity contribution in [3.8, 4) is 0 Å². The maximum Gasteiger partial charge on any atom is 0.0431 e. The summed E-state index contributed by atoms with van der Waals surface area (Å²) in [6.07, 6.45) is 6.81. The molecule has 0 rings (SSSR count). The SMILES string of the molecule is CCCN(CCCCCCO)C(C)(CC)CN. The summed E-state index contributed by atoms with van der Waals surface area (Å²) in [5.74, 6) is 0. The summed E-state index contributed by atoms with van der Waals surface area (Å²) in [5.41, 5.74) is 6.09. The van der Waals surface area contributed by atoms with Gasteiger partial charge in [0, 0.05) is 18.7 Å². The van der Waals surface area contributed by atoms with Gasteiger partial charge >= 0.3 is 0 Å². The third-order valence-corrected chi connectivity index (χ3v) is 3.79. The predicted octanol–water partition coefficient (Wildman–Crippen LogP) is 2.38. The van der Waals surface area contributed by atoms with Crippen molar-refractivity contribution >= 4 is 0 Å². The van der Waals surface area contributed by atoms with Crippen LogP contribution in [0.3, 0.4) is 0 Å². The number of unbranched alkanes of at least 4 members (excludes halogenated alkanes) is 3. The molecule has 0 aliphatic heterocycles. The zero-order valence-corrected chi connectivity index (χ0v) is 12.0. The van der Waals surface area contributed by atoms with E-state index in [9.17, 15) is 0 Å². The van der Waals surface area contributed by atoms with E-state index in [2.05, 4.69) is 25.7 Å². The Labute approximate surface area is 107 Å². The third kappa shape index (κ3) is 6.39. The van der Waals surface area contributed by atoms with E-state index in [0.717, 1.165) is 38.9 Å². The highest BCUT2D eigenvalue weighted by Gasteiger charge is 2.27. The molecule has 0 amide bonds. The molecule has 17 heavy (non-hydrogen) atoms. The Balaban J connectivity index is 4.05. The van der Waals surface area contributed by atoms with Gasteiger partial charge in [-0.25, -0.2) is 0 Å². The fraction of sp³-hybridized carbons (Fsp3) is 1.00. The first-order valence-corrected chi connectivity index (χ1v) is 7.20. The third-order valence-electron chi connectivity index (χ3n) is 3.79. The van der Waals surface area contributed by atoms with Crippen LogP contribution in [0.25, 0.3) is 0 Å². The summed E-state index contributed by atoms with van der Waals surface area (Å²) in [7, 11) is 0. The van der Waals surface area contributed by atoms with Crippen molar-refractivity contribution in [2.75, 3.05) is 26.2 Å². The average molecular weight is 244 g/mol. The van der Waals surface area contributed by atoms with E-state index in [-0.39, 0.29) is 5.54 Å². The van der Waals surface area contributed by atoms with E-state index in [4.69, 9.17) is 10.8 Å². The molecule has 1 unspecified atom stereocenters. The topological polar surface area (TPSA) is 49.5 Å². The Kier molecular flexibility index (Phi) is 9.79. The maximum atomic E-state index is 8.74. The minimum absolute atomic E-state index is 0.160. The van der Waals surface area contributed by atoms with Crippen LogP contribution in [0.2, 0.25) is 0 Å². The fourth-order valence-electron chi connectivity index (χ4n) is 2.19. The second-order valence-corrected chi connectivity index (χ2v) is 5.18. The second kappa shape index (κ2) is 9.86. The molecule has 0 aliphatic rings. The van der Waals surface area contributed by atoms with Crippen molar-refractivity contribution in [2.24, 2.45) is 5.73 Å². The average Bonchev–Trinajstić information content (AvgIpc) is 2.36. The number of rotatable bonds is 11.